The zero-order chi connectivity index (χ0) is 22.1. The number of carbonyl (C=O) groups is 1. The summed E-state index contributed by atoms with van der Waals surface area (Å²) < 4.78 is 27.1. The average molecular weight is 443 g/mol. The Hall–Kier alpha value is -2.83. The number of sulfonamides is 1. The number of para-hydroxylation sites is 1. The monoisotopic (exact) mass is 442 g/mol. The zero-order valence-electron chi connectivity index (χ0n) is 17.2. The smallest absolute Gasteiger partial charge is 0.264 e. The highest BCUT2D eigenvalue weighted by atomic mass is 35.5. The van der Waals surface area contributed by atoms with Gasteiger partial charge in [0.2, 0.25) is 0 Å². The van der Waals surface area contributed by atoms with Crippen LogP contribution < -0.4 is 9.62 Å². The van der Waals surface area contributed by atoms with Crippen molar-refractivity contribution in [1.29, 1.82) is 0 Å². The molecule has 3 aromatic carbocycles. The summed E-state index contributed by atoms with van der Waals surface area (Å²) in [6.07, 6.45) is 0. The lowest BCUT2D eigenvalue weighted by atomic mass is 10.1. The van der Waals surface area contributed by atoms with Crippen LogP contribution in [0.4, 0.5) is 11.4 Å². The van der Waals surface area contributed by atoms with Crippen molar-refractivity contribution in [2.75, 3.05) is 16.7 Å². The van der Waals surface area contributed by atoms with Crippen molar-refractivity contribution in [2.45, 2.75) is 25.7 Å². The SMILES string of the molecule is Cc1ccc(S(=O)(=O)N(C)c2ccc(Cl)c(C(=O)Nc3c(C)cccc3C)c2)cc1. The molecule has 1 amide bonds. The Balaban J connectivity index is 1.94. The van der Waals surface area contributed by atoms with Gasteiger partial charge in [0.1, 0.15) is 0 Å². The van der Waals surface area contributed by atoms with Gasteiger partial charge in [0.25, 0.3) is 15.9 Å². The minimum atomic E-state index is -3.78. The Bertz CT molecular complexity index is 1190. The first-order chi connectivity index (χ1) is 14.1. The quantitative estimate of drug-likeness (QED) is 0.579. The number of hydrogen-bond donors (Lipinski definition) is 1. The van der Waals surface area contributed by atoms with Crippen molar-refractivity contribution in [3.05, 3.63) is 87.9 Å². The molecule has 0 saturated heterocycles. The lowest BCUT2D eigenvalue weighted by Gasteiger charge is -2.21. The normalized spacial score (nSPS) is 11.2. The second-order valence-corrected chi connectivity index (χ2v) is 9.55. The molecule has 0 aliphatic carbocycles. The van der Waals surface area contributed by atoms with Crippen molar-refractivity contribution < 1.29 is 13.2 Å². The van der Waals surface area contributed by atoms with Crippen molar-refractivity contribution in [3.63, 3.8) is 0 Å². The van der Waals surface area contributed by atoms with Crippen LogP contribution in [0.1, 0.15) is 27.0 Å². The van der Waals surface area contributed by atoms with Gasteiger partial charge in [-0.2, -0.15) is 0 Å². The summed E-state index contributed by atoms with van der Waals surface area (Å²) in [5.41, 5.74) is 4.07. The van der Waals surface area contributed by atoms with Crippen molar-refractivity contribution in [2.24, 2.45) is 0 Å². The molecule has 0 spiro atoms. The Morgan fingerprint density at radius 1 is 0.933 bits per heavy atom. The van der Waals surface area contributed by atoms with E-state index in [1.54, 1.807) is 30.3 Å². The van der Waals surface area contributed by atoms with E-state index in [0.717, 1.165) is 21.0 Å². The number of benzene rings is 3. The summed E-state index contributed by atoms with van der Waals surface area (Å²) in [5.74, 6) is -0.402. The van der Waals surface area contributed by atoms with Crippen molar-refractivity contribution in [3.8, 4) is 0 Å². The fourth-order valence-electron chi connectivity index (χ4n) is 3.08. The first-order valence-electron chi connectivity index (χ1n) is 9.34. The van der Waals surface area contributed by atoms with Crippen LogP contribution in [0.5, 0.6) is 0 Å². The number of rotatable bonds is 5. The van der Waals surface area contributed by atoms with Gasteiger partial charge in [-0.15, -0.1) is 0 Å². The molecule has 7 heteroatoms. The van der Waals surface area contributed by atoms with Crippen molar-refractivity contribution in [1.82, 2.24) is 0 Å². The maximum Gasteiger partial charge on any atom is 0.264 e. The van der Waals surface area contributed by atoms with Gasteiger partial charge in [-0.3, -0.25) is 9.10 Å². The number of anilines is 2. The van der Waals surface area contributed by atoms with Crippen LogP contribution in [0.15, 0.2) is 65.6 Å². The minimum Gasteiger partial charge on any atom is -0.321 e. The van der Waals surface area contributed by atoms with E-state index in [1.165, 1.54) is 19.2 Å². The molecular formula is C23H23ClN2O3S. The first-order valence-corrected chi connectivity index (χ1v) is 11.2. The molecule has 0 aromatic heterocycles. The molecule has 0 saturated carbocycles. The molecule has 0 atom stereocenters. The topological polar surface area (TPSA) is 66.5 Å². The van der Waals surface area contributed by atoms with Gasteiger partial charge in [-0.1, -0.05) is 47.5 Å². The van der Waals surface area contributed by atoms with E-state index in [0.29, 0.717) is 11.4 Å². The molecular weight excluding hydrogens is 420 g/mol. The van der Waals surface area contributed by atoms with Gasteiger partial charge in [-0.05, 0) is 62.2 Å². The van der Waals surface area contributed by atoms with E-state index >= 15 is 0 Å². The molecule has 0 radical (unpaired) electrons. The number of nitrogens with one attached hydrogen (secondary N) is 1. The number of halogens is 1. The van der Waals surface area contributed by atoms with Gasteiger partial charge < -0.3 is 5.32 Å². The van der Waals surface area contributed by atoms with Crippen LogP contribution in [0.25, 0.3) is 0 Å². The molecule has 3 aromatic rings. The molecule has 3 rings (SSSR count). The summed E-state index contributed by atoms with van der Waals surface area (Å²) in [6.45, 7) is 5.70. The fourth-order valence-corrected chi connectivity index (χ4v) is 4.47. The molecule has 30 heavy (non-hydrogen) atoms. The predicted molar refractivity (Wildman–Crippen MR) is 122 cm³/mol. The summed E-state index contributed by atoms with van der Waals surface area (Å²) in [7, 11) is -2.33. The number of amides is 1. The second kappa shape index (κ2) is 8.50. The third-order valence-electron chi connectivity index (χ3n) is 4.96. The number of hydrogen-bond acceptors (Lipinski definition) is 3. The Morgan fingerprint density at radius 3 is 2.13 bits per heavy atom. The highest BCUT2D eigenvalue weighted by Crippen LogP contribution is 2.28. The number of carbonyl (C=O) groups excluding carboxylic acids is 1. The van der Waals surface area contributed by atoms with E-state index in [9.17, 15) is 13.2 Å². The van der Waals surface area contributed by atoms with Crippen LogP contribution in [0, 0.1) is 20.8 Å². The van der Waals surface area contributed by atoms with Gasteiger partial charge >= 0.3 is 0 Å². The lowest BCUT2D eigenvalue weighted by Crippen LogP contribution is -2.27. The molecule has 0 heterocycles. The van der Waals surface area contributed by atoms with E-state index in [4.69, 9.17) is 11.6 Å². The molecule has 0 aliphatic rings. The highest BCUT2D eigenvalue weighted by Gasteiger charge is 2.23. The number of aryl methyl sites for hydroxylation is 3. The maximum absolute atomic E-state index is 13.0. The second-order valence-electron chi connectivity index (χ2n) is 7.17. The molecule has 0 aliphatic heterocycles. The lowest BCUT2D eigenvalue weighted by molar-refractivity contribution is 0.102. The summed E-state index contributed by atoms with van der Waals surface area (Å²) in [6, 6.07) is 16.9. The van der Waals surface area contributed by atoms with Crippen LogP contribution in [-0.4, -0.2) is 21.4 Å². The maximum atomic E-state index is 13.0. The van der Waals surface area contributed by atoms with E-state index in [2.05, 4.69) is 5.32 Å². The molecule has 5 nitrogen and oxygen atoms in total. The summed E-state index contributed by atoms with van der Waals surface area (Å²) >= 11 is 6.26. The Kier molecular flexibility index (Phi) is 6.19. The van der Waals surface area contributed by atoms with Crippen molar-refractivity contribution >= 4 is 38.9 Å². The van der Waals surface area contributed by atoms with Gasteiger partial charge in [0.15, 0.2) is 0 Å². The molecule has 0 unspecified atom stereocenters. The van der Waals surface area contributed by atoms with Crippen LogP contribution >= 0.6 is 11.6 Å². The largest absolute Gasteiger partial charge is 0.321 e. The minimum absolute atomic E-state index is 0.173. The highest BCUT2D eigenvalue weighted by molar-refractivity contribution is 7.92. The first kappa shape index (κ1) is 21.9. The van der Waals surface area contributed by atoms with Crippen LogP contribution in [0.3, 0.4) is 0 Å². The van der Waals surface area contributed by atoms with Crippen LogP contribution in [0.2, 0.25) is 5.02 Å². The third-order valence-corrected chi connectivity index (χ3v) is 7.09. The standard InChI is InChI=1S/C23H23ClN2O3S/c1-15-8-11-19(12-9-15)30(28,29)26(4)18-10-13-21(24)20(14-18)23(27)25-22-16(2)6-5-7-17(22)3/h5-14H,1-4H3,(H,25,27). The molecule has 1 N–H and O–H groups in total. The van der Waals surface area contributed by atoms with E-state index in [-0.39, 0.29) is 15.5 Å². The van der Waals surface area contributed by atoms with Gasteiger partial charge in [0, 0.05) is 12.7 Å². The Morgan fingerprint density at radius 2 is 1.53 bits per heavy atom. The summed E-state index contributed by atoms with van der Waals surface area (Å²) in [5, 5.41) is 3.13. The zero-order valence-corrected chi connectivity index (χ0v) is 18.8. The third kappa shape index (κ3) is 4.35. The Labute approximate surface area is 182 Å². The predicted octanol–water partition coefficient (Wildman–Crippen LogP) is 5.34. The number of nitrogens with zero attached hydrogens (tertiary/aromatic N) is 1. The van der Waals surface area contributed by atoms with Crippen LogP contribution in [-0.2, 0) is 10.0 Å². The molecule has 156 valence electrons. The van der Waals surface area contributed by atoms with Gasteiger partial charge in [-0.25, -0.2) is 8.42 Å². The molecule has 0 bridgehead atoms. The van der Waals surface area contributed by atoms with E-state index in [1.807, 2.05) is 39.0 Å². The van der Waals surface area contributed by atoms with Gasteiger partial charge in [0.05, 0.1) is 21.2 Å². The van der Waals surface area contributed by atoms with E-state index < -0.39 is 15.9 Å². The molecule has 0 fully saturated rings. The fraction of sp³-hybridized carbons (Fsp3) is 0.174. The summed E-state index contributed by atoms with van der Waals surface area (Å²) in [4.78, 5) is 13.1. The average Bonchev–Trinajstić information content (AvgIpc) is 2.71.